The van der Waals surface area contributed by atoms with E-state index in [-0.39, 0.29) is 5.78 Å². The molecule has 0 spiro atoms. The molecule has 4 aromatic rings. The number of rotatable bonds is 8. The lowest BCUT2D eigenvalue weighted by molar-refractivity contribution is 0.102. The molecule has 6 heteroatoms. The predicted molar refractivity (Wildman–Crippen MR) is 125 cm³/mol. The highest BCUT2D eigenvalue weighted by atomic mass is 32.2. The van der Waals surface area contributed by atoms with Crippen LogP contribution in [0.15, 0.2) is 71.9 Å². The largest absolute Gasteiger partial charge is 0.344 e. The number of hydrogen-bond donors (Lipinski definition) is 0. The van der Waals surface area contributed by atoms with E-state index in [1.54, 1.807) is 0 Å². The van der Waals surface area contributed by atoms with Gasteiger partial charge in [0.25, 0.3) is 0 Å². The highest BCUT2D eigenvalue weighted by Gasteiger charge is 2.18. The first-order valence-corrected chi connectivity index (χ1v) is 11.3. The van der Waals surface area contributed by atoms with Crippen molar-refractivity contribution in [3.8, 4) is 0 Å². The molecule has 0 bridgehead atoms. The van der Waals surface area contributed by atoms with Crippen LogP contribution >= 0.6 is 11.8 Å². The molecule has 0 unspecified atom stereocenters. The second-order valence-corrected chi connectivity index (χ2v) is 8.63. The van der Waals surface area contributed by atoms with Gasteiger partial charge in [-0.2, -0.15) is 0 Å². The Hall–Kier alpha value is -3.12. The average molecular weight is 431 g/mol. The Morgan fingerprint density at radius 3 is 2.26 bits per heavy atom. The summed E-state index contributed by atoms with van der Waals surface area (Å²) < 4.78 is 4.18. The van der Waals surface area contributed by atoms with Gasteiger partial charge in [0.2, 0.25) is 0 Å². The van der Waals surface area contributed by atoms with Crippen LogP contribution < -0.4 is 0 Å². The third-order valence-corrected chi connectivity index (χ3v) is 6.54. The molecule has 2 aromatic heterocycles. The second-order valence-electron chi connectivity index (χ2n) is 7.69. The summed E-state index contributed by atoms with van der Waals surface area (Å²) in [5, 5.41) is 9.38. The topological polar surface area (TPSA) is 52.7 Å². The molecule has 0 aliphatic carbocycles. The van der Waals surface area contributed by atoms with Gasteiger partial charge >= 0.3 is 0 Å². The lowest BCUT2D eigenvalue weighted by Crippen LogP contribution is -2.08. The molecular weight excluding hydrogens is 404 g/mol. The van der Waals surface area contributed by atoms with E-state index >= 15 is 0 Å². The highest BCUT2D eigenvalue weighted by molar-refractivity contribution is 7.99. The van der Waals surface area contributed by atoms with Gasteiger partial charge in [-0.1, -0.05) is 72.4 Å². The Balaban J connectivity index is 1.43. The van der Waals surface area contributed by atoms with Crippen molar-refractivity contribution in [1.82, 2.24) is 19.3 Å². The minimum atomic E-state index is 0.116. The summed E-state index contributed by atoms with van der Waals surface area (Å²) >= 11 is 1.44. The Bertz CT molecular complexity index is 1180. The molecule has 0 fully saturated rings. The quantitative estimate of drug-likeness (QED) is 0.296. The zero-order chi connectivity index (χ0) is 21.8. The number of benzene rings is 2. The summed E-state index contributed by atoms with van der Waals surface area (Å²) in [4.78, 5) is 13.0. The molecule has 0 aliphatic rings. The van der Waals surface area contributed by atoms with Crippen molar-refractivity contribution in [2.45, 2.75) is 32.0 Å². The molecule has 5 nitrogen and oxygen atoms in total. The molecule has 2 heterocycles. The predicted octanol–water partition coefficient (Wildman–Crippen LogP) is 4.85. The van der Waals surface area contributed by atoms with Gasteiger partial charge in [0.1, 0.15) is 5.82 Å². The summed E-state index contributed by atoms with van der Waals surface area (Å²) in [6, 6.07) is 22.5. The van der Waals surface area contributed by atoms with E-state index in [1.807, 2.05) is 61.0 Å². The van der Waals surface area contributed by atoms with Gasteiger partial charge in [0.15, 0.2) is 10.9 Å². The Kier molecular flexibility index (Phi) is 6.37. The van der Waals surface area contributed by atoms with E-state index < -0.39 is 0 Å². The lowest BCUT2D eigenvalue weighted by atomic mass is 10.1. The summed E-state index contributed by atoms with van der Waals surface area (Å²) in [6.07, 6.45) is 0.722. The summed E-state index contributed by atoms with van der Waals surface area (Å²) in [7, 11) is 1.96. The van der Waals surface area contributed by atoms with Crippen LogP contribution in [0.1, 0.15) is 38.7 Å². The summed E-state index contributed by atoms with van der Waals surface area (Å²) in [5.41, 5.74) is 5.31. The SMILES string of the molecule is Cc1cc(C(=O)CSc2nnc(Cc3ccccc3)n2C)c(C)n1Cc1ccccc1. The number of aromatic nitrogens is 4. The third kappa shape index (κ3) is 4.80. The number of thioether (sulfide) groups is 1. The van der Waals surface area contributed by atoms with E-state index in [2.05, 4.69) is 46.0 Å². The van der Waals surface area contributed by atoms with Gasteiger partial charge in [-0.25, -0.2) is 0 Å². The molecule has 158 valence electrons. The van der Waals surface area contributed by atoms with Crippen molar-refractivity contribution in [3.05, 3.63) is 101 Å². The van der Waals surface area contributed by atoms with Gasteiger partial charge in [-0.3, -0.25) is 4.79 Å². The normalized spacial score (nSPS) is 11.1. The Labute approximate surface area is 187 Å². The third-order valence-electron chi connectivity index (χ3n) is 5.52. The number of Topliss-reactive ketones (excluding diaryl/α,β-unsaturated/α-hetero) is 1. The smallest absolute Gasteiger partial charge is 0.191 e. The summed E-state index contributed by atoms with van der Waals surface area (Å²) in [5.74, 6) is 1.35. The average Bonchev–Trinajstić information content (AvgIpc) is 3.27. The molecule has 0 radical (unpaired) electrons. The van der Waals surface area contributed by atoms with Crippen LogP contribution in [-0.2, 0) is 20.0 Å². The molecule has 2 aromatic carbocycles. The first-order valence-electron chi connectivity index (χ1n) is 10.3. The Morgan fingerprint density at radius 1 is 0.935 bits per heavy atom. The van der Waals surface area contributed by atoms with Crippen LogP contribution in [0.5, 0.6) is 0 Å². The van der Waals surface area contributed by atoms with Crippen LogP contribution in [0.3, 0.4) is 0 Å². The lowest BCUT2D eigenvalue weighted by Gasteiger charge is -2.10. The van der Waals surface area contributed by atoms with Gasteiger partial charge < -0.3 is 9.13 Å². The van der Waals surface area contributed by atoms with Crippen LogP contribution in [-0.4, -0.2) is 30.9 Å². The van der Waals surface area contributed by atoms with Gasteiger partial charge in [-0.15, -0.1) is 10.2 Å². The Morgan fingerprint density at radius 2 is 1.58 bits per heavy atom. The van der Waals surface area contributed by atoms with E-state index in [1.165, 1.54) is 22.9 Å². The fourth-order valence-corrected chi connectivity index (χ4v) is 4.52. The fourth-order valence-electron chi connectivity index (χ4n) is 3.70. The maximum Gasteiger partial charge on any atom is 0.191 e. The first kappa shape index (κ1) is 21.1. The number of ketones is 1. The fraction of sp³-hybridized carbons (Fsp3) is 0.240. The monoisotopic (exact) mass is 430 g/mol. The van der Waals surface area contributed by atoms with Crippen molar-refractivity contribution >= 4 is 17.5 Å². The molecule has 0 atom stereocenters. The molecule has 0 saturated heterocycles. The number of hydrogen-bond acceptors (Lipinski definition) is 4. The minimum absolute atomic E-state index is 0.116. The first-order chi connectivity index (χ1) is 15.0. The summed E-state index contributed by atoms with van der Waals surface area (Å²) in [6.45, 7) is 4.84. The zero-order valence-corrected chi connectivity index (χ0v) is 18.9. The molecule has 0 N–H and O–H groups in total. The number of carbonyl (C=O) groups is 1. The zero-order valence-electron chi connectivity index (χ0n) is 18.1. The minimum Gasteiger partial charge on any atom is -0.344 e. The van der Waals surface area contributed by atoms with Crippen molar-refractivity contribution in [2.24, 2.45) is 7.05 Å². The van der Waals surface area contributed by atoms with Gasteiger partial charge in [-0.05, 0) is 31.0 Å². The molecular formula is C25H26N4OS. The maximum absolute atomic E-state index is 13.0. The molecule has 31 heavy (non-hydrogen) atoms. The maximum atomic E-state index is 13.0. The van der Waals surface area contributed by atoms with Crippen molar-refractivity contribution < 1.29 is 4.79 Å². The van der Waals surface area contributed by atoms with Crippen LogP contribution in [0.25, 0.3) is 0 Å². The standard InChI is InChI=1S/C25H26N4OS/c1-18-14-22(19(2)29(18)16-21-12-8-5-9-13-21)23(30)17-31-25-27-26-24(28(25)3)15-20-10-6-4-7-11-20/h4-14H,15-17H2,1-3H3. The number of nitrogens with zero attached hydrogens (tertiary/aromatic N) is 4. The van der Waals surface area contributed by atoms with Crippen LogP contribution in [0.2, 0.25) is 0 Å². The van der Waals surface area contributed by atoms with Crippen LogP contribution in [0.4, 0.5) is 0 Å². The molecule has 0 amide bonds. The van der Waals surface area contributed by atoms with Crippen molar-refractivity contribution in [2.75, 3.05) is 5.75 Å². The van der Waals surface area contributed by atoms with Crippen LogP contribution in [0, 0.1) is 13.8 Å². The van der Waals surface area contributed by atoms with E-state index in [0.29, 0.717) is 5.75 Å². The van der Waals surface area contributed by atoms with E-state index in [9.17, 15) is 4.79 Å². The van der Waals surface area contributed by atoms with E-state index in [0.717, 1.165) is 40.9 Å². The highest BCUT2D eigenvalue weighted by Crippen LogP contribution is 2.22. The molecule has 0 saturated carbocycles. The van der Waals surface area contributed by atoms with E-state index in [4.69, 9.17) is 0 Å². The number of aryl methyl sites for hydroxylation is 1. The molecule has 0 aliphatic heterocycles. The van der Waals surface area contributed by atoms with Gasteiger partial charge in [0.05, 0.1) is 5.75 Å². The number of carbonyl (C=O) groups excluding carboxylic acids is 1. The van der Waals surface area contributed by atoms with Crippen molar-refractivity contribution in [1.29, 1.82) is 0 Å². The second kappa shape index (κ2) is 9.35. The van der Waals surface area contributed by atoms with Crippen molar-refractivity contribution in [3.63, 3.8) is 0 Å². The molecule has 4 rings (SSSR count). The van der Waals surface area contributed by atoms with Gasteiger partial charge in [0, 0.05) is 37.0 Å².